The summed E-state index contributed by atoms with van der Waals surface area (Å²) in [6.07, 6.45) is 5.59. The highest BCUT2D eigenvalue weighted by atomic mass is 15.1. The van der Waals surface area contributed by atoms with Gasteiger partial charge < -0.3 is 10.3 Å². The fraction of sp³-hybridized carbons (Fsp3) is 0.438. The predicted molar refractivity (Wildman–Crippen MR) is 76.0 cm³/mol. The predicted octanol–water partition coefficient (Wildman–Crippen LogP) is 2.31. The topological polar surface area (TPSA) is 43.8 Å². The molecule has 0 amide bonds. The Kier molecular flexibility index (Phi) is 2.49. The average Bonchev–Trinajstić information content (AvgIpc) is 2.67. The van der Waals surface area contributed by atoms with E-state index in [1.807, 2.05) is 0 Å². The van der Waals surface area contributed by atoms with Gasteiger partial charge in [0.25, 0.3) is 0 Å². The number of nitrogens with two attached hydrogens (primary N) is 1. The van der Waals surface area contributed by atoms with Crippen LogP contribution in [0.3, 0.4) is 0 Å². The van der Waals surface area contributed by atoms with Crippen molar-refractivity contribution in [2.45, 2.75) is 44.7 Å². The normalized spacial score (nSPS) is 21.2. The maximum atomic E-state index is 6.13. The van der Waals surface area contributed by atoms with Crippen LogP contribution >= 0.6 is 0 Å². The number of imidazole rings is 1. The highest BCUT2D eigenvalue weighted by molar-refractivity contribution is 5.67. The smallest absolute Gasteiger partial charge is 0.109 e. The lowest BCUT2D eigenvalue weighted by Crippen LogP contribution is -2.32. The summed E-state index contributed by atoms with van der Waals surface area (Å²) in [5, 5.41) is 0. The zero-order chi connectivity index (χ0) is 12.8. The van der Waals surface area contributed by atoms with Gasteiger partial charge in [-0.1, -0.05) is 24.3 Å². The SMILES string of the molecule is NC1CCc2nc3c(n2C1)CCCc1ccccc1-3. The number of rotatable bonds is 0. The van der Waals surface area contributed by atoms with Crippen LogP contribution in [0, 0.1) is 0 Å². The zero-order valence-corrected chi connectivity index (χ0v) is 11.1. The number of benzene rings is 1. The molecule has 1 atom stereocenters. The zero-order valence-electron chi connectivity index (χ0n) is 11.1. The Hall–Kier alpha value is -1.61. The van der Waals surface area contributed by atoms with Crippen molar-refractivity contribution >= 4 is 0 Å². The number of nitrogens with zero attached hydrogens (tertiary/aromatic N) is 2. The maximum Gasteiger partial charge on any atom is 0.109 e. The molecule has 1 aromatic carbocycles. The summed E-state index contributed by atoms with van der Waals surface area (Å²) in [7, 11) is 0. The van der Waals surface area contributed by atoms with E-state index in [9.17, 15) is 0 Å². The Balaban J connectivity index is 1.92. The maximum absolute atomic E-state index is 6.13. The Labute approximate surface area is 113 Å². The van der Waals surface area contributed by atoms with Crippen LogP contribution in [0.2, 0.25) is 0 Å². The minimum atomic E-state index is 0.296. The molecule has 2 aliphatic rings. The molecule has 1 aromatic heterocycles. The summed E-state index contributed by atoms with van der Waals surface area (Å²) in [6.45, 7) is 0.944. The summed E-state index contributed by atoms with van der Waals surface area (Å²) in [5.74, 6) is 1.24. The molecule has 19 heavy (non-hydrogen) atoms. The van der Waals surface area contributed by atoms with Crippen LogP contribution in [-0.4, -0.2) is 15.6 Å². The molecule has 3 heteroatoms. The third-order valence-corrected chi connectivity index (χ3v) is 4.44. The standard InChI is InChI=1S/C16H19N3/c17-12-8-9-15-18-16-13-6-2-1-4-11(13)5-3-7-14(16)19(15)10-12/h1-2,4,6,12H,3,5,7-10,17H2. The summed E-state index contributed by atoms with van der Waals surface area (Å²) in [5.41, 5.74) is 11.5. The van der Waals surface area contributed by atoms with Gasteiger partial charge in [0.15, 0.2) is 0 Å². The molecule has 3 nitrogen and oxygen atoms in total. The van der Waals surface area contributed by atoms with E-state index in [2.05, 4.69) is 28.8 Å². The van der Waals surface area contributed by atoms with E-state index in [-0.39, 0.29) is 0 Å². The van der Waals surface area contributed by atoms with E-state index >= 15 is 0 Å². The second-order valence-corrected chi connectivity index (χ2v) is 5.74. The molecule has 0 saturated heterocycles. The minimum Gasteiger partial charge on any atom is -0.330 e. The largest absolute Gasteiger partial charge is 0.330 e. The molecule has 0 fully saturated rings. The molecule has 2 heterocycles. The molecule has 1 unspecified atom stereocenters. The molecular formula is C16H19N3. The Morgan fingerprint density at radius 1 is 1.16 bits per heavy atom. The van der Waals surface area contributed by atoms with Gasteiger partial charge in [-0.2, -0.15) is 0 Å². The van der Waals surface area contributed by atoms with Gasteiger partial charge >= 0.3 is 0 Å². The van der Waals surface area contributed by atoms with E-state index in [4.69, 9.17) is 10.7 Å². The third-order valence-electron chi connectivity index (χ3n) is 4.44. The van der Waals surface area contributed by atoms with Crippen molar-refractivity contribution in [2.24, 2.45) is 5.73 Å². The Morgan fingerprint density at radius 2 is 2.05 bits per heavy atom. The Bertz CT molecular complexity index is 627. The van der Waals surface area contributed by atoms with E-state index in [0.717, 1.165) is 32.2 Å². The third kappa shape index (κ3) is 1.72. The quantitative estimate of drug-likeness (QED) is 0.783. The first-order valence-corrected chi connectivity index (χ1v) is 7.25. The van der Waals surface area contributed by atoms with E-state index in [1.165, 1.54) is 34.8 Å². The molecule has 98 valence electrons. The molecule has 1 aliphatic heterocycles. The van der Waals surface area contributed by atoms with E-state index in [0.29, 0.717) is 6.04 Å². The number of hydrogen-bond acceptors (Lipinski definition) is 2. The number of aryl methyl sites for hydroxylation is 2. The van der Waals surface area contributed by atoms with Crippen LogP contribution in [0.5, 0.6) is 0 Å². The van der Waals surface area contributed by atoms with Crippen LogP contribution in [0.4, 0.5) is 0 Å². The van der Waals surface area contributed by atoms with Crippen molar-refractivity contribution in [1.29, 1.82) is 0 Å². The molecule has 0 bridgehead atoms. The van der Waals surface area contributed by atoms with Crippen molar-refractivity contribution in [3.05, 3.63) is 41.3 Å². The number of aromatic nitrogens is 2. The van der Waals surface area contributed by atoms with Crippen molar-refractivity contribution in [2.75, 3.05) is 0 Å². The average molecular weight is 253 g/mol. The van der Waals surface area contributed by atoms with Crippen molar-refractivity contribution in [3.8, 4) is 11.3 Å². The first-order chi connectivity index (χ1) is 9.33. The number of fused-ring (bicyclic) bond motifs is 5. The van der Waals surface area contributed by atoms with Gasteiger partial charge in [-0.05, 0) is 31.2 Å². The van der Waals surface area contributed by atoms with Crippen LogP contribution in [0.15, 0.2) is 24.3 Å². The fourth-order valence-electron chi connectivity index (χ4n) is 3.47. The monoisotopic (exact) mass is 253 g/mol. The van der Waals surface area contributed by atoms with E-state index < -0.39 is 0 Å². The van der Waals surface area contributed by atoms with Crippen LogP contribution in [-0.2, 0) is 25.8 Å². The highest BCUT2D eigenvalue weighted by Gasteiger charge is 2.25. The van der Waals surface area contributed by atoms with Crippen LogP contribution in [0.25, 0.3) is 11.3 Å². The second-order valence-electron chi connectivity index (χ2n) is 5.74. The van der Waals surface area contributed by atoms with Gasteiger partial charge in [0.1, 0.15) is 5.82 Å². The summed E-state index contributed by atoms with van der Waals surface area (Å²) in [6, 6.07) is 9.02. The van der Waals surface area contributed by atoms with Crippen molar-refractivity contribution in [3.63, 3.8) is 0 Å². The van der Waals surface area contributed by atoms with E-state index in [1.54, 1.807) is 0 Å². The van der Waals surface area contributed by atoms with Crippen LogP contribution < -0.4 is 5.73 Å². The first-order valence-electron chi connectivity index (χ1n) is 7.25. The molecule has 2 N–H and O–H groups in total. The van der Waals surface area contributed by atoms with Crippen LogP contribution in [0.1, 0.15) is 29.9 Å². The van der Waals surface area contributed by atoms with Gasteiger partial charge in [0.2, 0.25) is 0 Å². The first kappa shape index (κ1) is 11.2. The van der Waals surface area contributed by atoms with Gasteiger partial charge in [-0.15, -0.1) is 0 Å². The molecule has 1 aliphatic carbocycles. The molecule has 0 saturated carbocycles. The van der Waals surface area contributed by atoms with Crippen molar-refractivity contribution in [1.82, 2.24) is 9.55 Å². The molecular weight excluding hydrogens is 234 g/mol. The summed E-state index contributed by atoms with van der Waals surface area (Å²) in [4.78, 5) is 4.93. The lowest BCUT2D eigenvalue weighted by atomic mass is 10.0. The fourth-order valence-corrected chi connectivity index (χ4v) is 3.47. The van der Waals surface area contributed by atoms with Gasteiger partial charge in [-0.25, -0.2) is 4.98 Å². The van der Waals surface area contributed by atoms with Gasteiger partial charge in [0, 0.05) is 30.3 Å². The summed E-state index contributed by atoms with van der Waals surface area (Å²) < 4.78 is 2.39. The Morgan fingerprint density at radius 3 is 3.00 bits per heavy atom. The minimum absolute atomic E-state index is 0.296. The molecule has 4 rings (SSSR count). The highest BCUT2D eigenvalue weighted by Crippen LogP contribution is 2.33. The summed E-state index contributed by atoms with van der Waals surface area (Å²) >= 11 is 0. The van der Waals surface area contributed by atoms with Crippen molar-refractivity contribution < 1.29 is 0 Å². The molecule has 0 radical (unpaired) electrons. The molecule has 2 aromatic rings. The second kappa shape index (κ2) is 4.20. The lowest BCUT2D eigenvalue weighted by Gasteiger charge is -2.22. The molecule has 0 spiro atoms. The lowest BCUT2D eigenvalue weighted by molar-refractivity contribution is 0.443. The van der Waals surface area contributed by atoms with Gasteiger partial charge in [0.05, 0.1) is 5.69 Å². The van der Waals surface area contributed by atoms with Gasteiger partial charge in [-0.3, -0.25) is 0 Å². The number of hydrogen-bond donors (Lipinski definition) is 1.